The topological polar surface area (TPSA) is 6.48 Å². The van der Waals surface area contributed by atoms with Gasteiger partial charge in [-0.25, -0.2) is 5.01 Å². The Labute approximate surface area is 149 Å². The minimum absolute atomic E-state index is 0.336. The number of hydrazine groups is 1. The summed E-state index contributed by atoms with van der Waals surface area (Å²) in [5.74, 6) is 0. The average Bonchev–Trinajstić information content (AvgIpc) is 2.54. The van der Waals surface area contributed by atoms with E-state index in [1.54, 1.807) is 0 Å². The predicted molar refractivity (Wildman–Crippen MR) is 108 cm³/mol. The molecule has 1 aliphatic heterocycles. The molecule has 0 fully saturated rings. The largest absolute Gasteiger partial charge is 0.301 e. The van der Waals surface area contributed by atoms with Crippen molar-refractivity contribution in [1.29, 1.82) is 0 Å². The van der Waals surface area contributed by atoms with E-state index in [0.717, 1.165) is 35.5 Å². The number of hydrogen-bond acceptors (Lipinski definition) is 2. The van der Waals surface area contributed by atoms with Crippen molar-refractivity contribution in [1.82, 2.24) is 10.0 Å². The third kappa shape index (κ3) is 5.38. The minimum atomic E-state index is 0.336. The highest BCUT2D eigenvalue weighted by atomic mass is 15.6. The molecule has 0 spiro atoms. The second-order valence-electron chi connectivity index (χ2n) is 6.65. The molecule has 1 aliphatic rings. The summed E-state index contributed by atoms with van der Waals surface area (Å²) in [7, 11) is 0. The lowest BCUT2D eigenvalue weighted by Gasteiger charge is -2.45. The third-order valence-corrected chi connectivity index (χ3v) is 4.40. The van der Waals surface area contributed by atoms with E-state index in [1.165, 1.54) is 18.4 Å². The van der Waals surface area contributed by atoms with Crippen LogP contribution < -0.4 is 0 Å². The zero-order valence-electron chi connectivity index (χ0n) is 16.2. The van der Waals surface area contributed by atoms with Gasteiger partial charge in [-0.15, -0.1) is 0 Å². The van der Waals surface area contributed by atoms with Gasteiger partial charge in [0.25, 0.3) is 0 Å². The Bertz CT molecular complexity index is 575. The first-order chi connectivity index (χ1) is 11.3. The molecule has 1 unspecified atom stereocenters. The van der Waals surface area contributed by atoms with Crippen LogP contribution in [0.25, 0.3) is 0 Å². The Morgan fingerprint density at radius 2 is 1.92 bits per heavy atom. The predicted octanol–water partition coefficient (Wildman–Crippen LogP) is 5.80. The van der Waals surface area contributed by atoms with E-state index in [0.29, 0.717) is 6.04 Å². The van der Waals surface area contributed by atoms with Crippen LogP contribution in [0.4, 0.5) is 0 Å². The van der Waals surface area contributed by atoms with Crippen LogP contribution in [0.2, 0.25) is 0 Å². The molecule has 0 aromatic heterocycles. The van der Waals surface area contributed by atoms with Gasteiger partial charge >= 0.3 is 0 Å². The van der Waals surface area contributed by atoms with Crippen molar-refractivity contribution in [3.8, 4) is 0 Å². The van der Waals surface area contributed by atoms with Crippen LogP contribution in [0, 0.1) is 0 Å². The standard InChI is InChI=1S/C22H34N2/c1-9-11-14-23-20(7)15-22(17(3)4)21(8)24(23)16-19(6)13-12-18(5)10-2/h10,12-13,15,20H,3,6,8-9,11,14,16H2,1-2,4-5,7H3/b13-12-,18-10-. The first-order valence-electron chi connectivity index (χ1n) is 8.91. The maximum Gasteiger partial charge on any atom is 0.0592 e. The number of hydrogen-bond donors (Lipinski definition) is 0. The molecule has 24 heavy (non-hydrogen) atoms. The van der Waals surface area contributed by atoms with Gasteiger partial charge in [0.1, 0.15) is 0 Å². The lowest BCUT2D eigenvalue weighted by Crippen LogP contribution is -2.50. The molecule has 2 nitrogen and oxygen atoms in total. The number of allylic oxidation sites excluding steroid dienone is 4. The van der Waals surface area contributed by atoms with Crippen molar-refractivity contribution in [2.75, 3.05) is 13.1 Å². The number of nitrogens with zero attached hydrogens (tertiary/aromatic N) is 2. The maximum absolute atomic E-state index is 4.33. The summed E-state index contributed by atoms with van der Waals surface area (Å²) in [5.41, 5.74) is 5.57. The summed E-state index contributed by atoms with van der Waals surface area (Å²) < 4.78 is 0. The maximum atomic E-state index is 4.33. The van der Waals surface area contributed by atoms with E-state index in [9.17, 15) is 0 Å². The van der Waals surface area contributed by atoms with E-state index in [2.05, 4.69) is 74.8 Å². The zero-order chi connectivity index (χ0) is 18.3. The summed E-state index contributed by atoms with van der Waals surface area (Å²) in [4.78, 5) is 0. The minimum Gasteiger partial charge on any atom is -0.301 e. The van der Waals surface area contributed by atoms with Gasteiger partial charge in [0.2, 0.25) is 0 Å². The first kappa shape index (κ1) is 20.2. The molecule has 0 bridgehead atoms. The lowest BCUT2D eigenvalue weighted by molar-refractivity contribution is -0.00849. The number of rotatable bonds is 8. The highest BCUT2D eigenvalue weighted by molar-refractivity contribution is 5.45. The Kier molecular flexibility index (Phi) is 8.00. The lowest BCUT2D eigenvalue weighted by atomic mass is 10.00. The van der Waals surface area contributed by atoms with Crippen LogP contribution in [0.3, 0.4) is 0 Å². The molecule has 0 radical (unpaired) electrons. The van der Waals surface area contributed by atoms with E-state index >= 15 is 0 Å². The summed E-state index contributed by atoms with van der Waals surface area (Å²) in [6.45, 7) is 25.1. The van der Waals surface area contributed by atoms with E-state index < -0.39 is 0 Å². The molecule has 132 valence electrons. The van der Waals surface area contributed by atoms with Crippen LogP contribution in [0.1, 0.15) is 47.5 Å². The third-order valence-electron chi connectivity index (χ3n) is 4.40. The zero-order valence-corrected chi connectivity index (χ0v) is 16.2. The second-order valence-corrected chi connectivity index (χ2v) is 6.65. The van der Waals surface area contributed by atoms with Crippen LogP contribution in [-0.2, 0) is 0 Å². The molecule has 0 saturated heterocycles. The summed E-state index contributed by atoms with van der Waals surface area (Å²) in [5, 5.41) is 4.68. The smallest absolute Gasteiger partial charge is 0.0592 e. The Balaban J connectivity index is 3.02. The van der Waals surface area contributed by atoms with Crippen molar-refractivity contribution in [2.45, 2.75) is 53.5 Å². The quantitative estimate of drug-likeness (QED) is 0.520. The van der Waals surface area contributed by atoms with Gasteiger partial charge < -0.3 is 5.01 Å². The van der Waals surface area contributed by atoms with E-state index in [1.807, 2.05) is 13.8 Å². The molecule has 0 saturated carbocycles. The van der Waals surface area contributed by atoms with Gasteiger partial charge in [0.15, 0.2) is 0 Å². The van der Waals surface area contributed by atoms with Crippen LogP contribution in [-0.4, -0.2) is 29.1 Å². The fourth-order valence-electron chi connectivity index (χ4n) is 2.75. The molecular weight excluding hydrogens is 292 g/mol. The fraction of sp³-hybridized carbons (Fsp3) is 0.455. The van der Waals surface area contributed by atoms with Gasteiger partial charge in [-0.05, 0) is 50.8 Å². The van der Waals surface area contributed by atoms with Crippen molar-refractivity contribution in [2.24, 2.45) is 0 Å². The Hall–Kier alpha value is -1.80. The summed E-state index contributed by atoms with van der Waals surface area (Å²) >= 11 is 0. The monoisotopic (exact) mass is 326 g/mol. The van der Waals surface area contributed by atoms with Gasteiger partial charge in [-0.2, -0.15) is 0 Å². The molecule has 0 N–H and O–H groups in total. The van der Waals surface area contributed by atoms with Crippen molar-refractivity contribution >= 4 is 0 Å². The van der Waals surface area contributed by atoms with Crippen LogP contribution >= 0.6 is 0 Å². The summed E-state index contributed by atoms with van der Waals surface area (Å²) in [6, 6.07) is 0.336. The van der Waals surface area contributed by atoms with Crippen molar-refractivity contribution in [3.05, 3.63) is 72.0 Å². The highest BCUT2D eigenvalue weighted by Gasteiger charge is 2.28. The van der Waals surface area contributed by atoms with E-state index in [4.69, 9.17) is 0 Å². The molecule has 1 rings (SSSR count). The van der Waals surface area contributed by atoms with Gasteiger partial charge in [-0.1, -0.05) is 63.0 Å². The van der Waals surface area contributed by atoms with Crippen LogP contribution in [0.5, 0.6) is 0 Å². The van der Waals surface area contributed by atoms with Crippen molar-refractivity contribution in [3.63, 3.8) is 0 Å². The Morgan fingerprint density at radius 1 is 1.25 bits per heavy atom. The molecule has 1 atom stereocenters. The molecule has 1 heterocycles. The normalized spacial score (nSPS) is 19.8. The van der Waals surface area contributed by atoms with Gasteiger partial charge in [-0.3, -0.25) is 0 Å². The second kappa shape index (κ2) is 9.48. The first-order valence-corrected chi connectivity index (χ1v) is 8.91. The molecule has 2 heteroatoms. The summed E-state index contributed by atoms with van der Waals surface area (Å²) in [6.07, 6.45) is 10.9. The van der Waals surface area contributed by atoms with Gasteiger partial charge in [0, 0.05) is 12.6 Å². The fourth-order valence-corrected chi connectivity index (χ4v) is 2.75. The highest BCUT2D eigenvalue weighted by Crippen LogP contribution is 2.30. The molecule has 0 aliphatic carbocycles. The van der Waals surface area contributed by atoms with Crippen LogP contribution in [0.15, 0.2) is 72.0 Å². The van der Waals surface area contributed by atoms with Gasteiger partial charge in [0.05, 0.1) is 12.2 Å². The molecular formula is C22H34N2. The van der Waals surface area contributed by atoms with E-state index in [-0.39, 0.29) is 0 Å². The molecule has 0 amide bonds. The average molecular weight is 327 g/mol. The Morgan fingerprint density at radius 3 is 2.46 bits per heavy atom. The molecule has 0 aromatic rings. The molecule has 0 aromatic carbocycles. The SMILES string of the molecule is C=C(/C=C\C(C)=C/C)CN1C(=C)C(C(=C)C)=CC(C)N1CCCC. The van der Waals surface area contributed by atoms with Crippen molar-refractivity contribution < 1.29 is 0 Å². The number of unbranched alkanes of at least 4 members (excludes halogenated alkanes) is 1.